The van der Waals surface area contributed by atoms with Gasteiger partial charge in [0.1, 0.15) is 6.56 Å². The molecule has 1 saturated heterocycles. The number of carbonyl (C=O) groups excluding carboxylic acids is 2. The summed E-state index contributed by atoms with van der Waals surface area (Å²) in [6, 6.07) is 3.12. The Labute approximate surface area is 83.7 Å². The highest BCUT2D eigenvalue weighted by Gasteiger charge is 2.30. The molecule has 0 aliphatic carbocycles. The van der Waals surface area contributed by atoms with E-state index in [4.69, 9.17) is 2.74 Å². The molecule has 0 radical (unpaired) electrons. The van der Waals surface area contributed by atoms with Crippen molar-refractivity contribution in [1.29, 1.82) is 0 Å². The molecule has 1 aromatic rings. The van der Waals surface area contributed by atoms with Crippen molar-refractivity contribution >= 4 is 11.8 Å². The zero-order valence-corrected chi connectivity index (χ0v) is 7.27. The standard InChI is InChI=1S/C10H9NO3/c12-9-4-8(6-14-9)10(13)7-2-1-3-11-5-7/h1-3,5,8H,4,6H2/i6D2. The number of cyclic esters (lactones) is 1. The van der Waals surface area contributed by atoms with Gasteiger partial charge in [0.25, 0.3) is 0 Å². The summed E-state index contributed by atoms with van der Waals surface area (Å²) >= 11 is 0. The summed E-state index contributed by atoms with van der Waals surface area (Å²) in [6.45, 7) is -2.22. The number of hydrogen-bond donors (Lipinski definition) is 0. The molecular weight excluding hydrogens is 182 g/mol. The first kappa shape index (κ1) is 6.70. The van der Waals surface area contributed by atoms with Crippen molar-refractivity contribution in [2.75, 3.05) is 6.56 Å². The molecule has 4 heteroatoms. The maximum Gasteiger partial charge on any atom is 0.306 e. The van der Waals surface area contributed by atoms with E-state index >= 15 is 0 Å². The second-order valence-electron chi connectivity index (χ2n) is 2.95. The van der Waals surface area contributed by atoms with Crippen LogP contribution in [-0.2, 0) is 9.53 Å². The van der Waals surface area contributed by atoms with Gasteiger partial charge in [-0.1, -0.05) is 0 Å². The highest BCUT2D eigenvalue weighted by Crippen LogP contribution is 2.18. The Morgan fingerprint density at radius 1 is 1.71 bits per heavy atom. The smallest absolute Gasteiger partial charge is 0.306 e. The van der Waals surface area contributed by atoms with Crippen LogP contribution in [0, 0.1) is 5.92 Å². The van der Waals surface area contributed by atoms with Gasteiger partial charge in [0.2, 0.25) is 0 Å². The Balaban J connectivity index is 2.27. The number of Topliss-reactive ketones (excluding diaryl/α,β-unsaturated/α-hetero) is 1. The summed E-state index contributed by atoms with van der Waals surface area (Å²) in [5, 5.41) is 0. The Morgan fingerprint density at radius 3 is 3.14 bits per heavy atom. The van der Waals surface area contributed by atoms with Crippen molar-refractivity contribution in [1.82, 2.24) is 4.98 Å². The van der Waals surface area contributed by atoms with E-state index in [-0.39, 0.29) is 12.0 Å². The van der Waals surface area contributed by atoms with E-state index in [9.17, 15) is 9.59 Å². The third-order valence-electron chi connectivity index (χ3n) is 1.95. The molecule has 72 valence electrons. The summed E-state index contributed by atoms with van der Waals surface area (Å²) in [7, 11) is 0. The molecule has 0 aromatic carbocycles. The van der Waals surface area contributed by atoms with Crippen molar-refractivity contribution in [3.63, 3.8) is 0 Å². The van der Waals surface area contributed by atoms with Crippen LogP contribution >= 0.6 is 0 Å². The topological polar surface area (TPSA) is 56.3 Å². The first-order valence-electron chi connectivity index (χ1n) is 5.17. The van der Waals surface area contributed by atoms with Gasteiger partial charge < -0.3 is 4.74 Å². The third-order valence-corrected chi connectivity index (χ3v) is 1.95. The average molecular weight is 193 g/mol. The highest BCUT2D eigenvalue weighted by atomic mass is 16.5. The molecule has 1 aliphatic rings. The molecule has 0 bridgehead atoms. The lowest BCUT2D eigenvalue weighted by atomic mass is 9.98. The van der Waals surface area contributed by atoms with Crippen molar-refractivity contribution in [2.45, 2.75) is 6.42 Å². The van der Waals surface area contributed by atoms with Gasteiger partial charge in [-0.15, -0.1) is 0 Å². The van der Waals surface area contributed by atoms with E-state index in [1.807, 2.05) is 0 Å². The van der Waals surface area contributed by atoms with E-state index < -0.39 is 24.2 Å². The predicted molar refractivity (Wildman–Crippen MR) is 47.6 cm³/mol. The van der Waals surface area contributed by atoms with Crippen LogP contribution in [0.4, 0.5) is 0 Å². The molecule has 1 aromatic heterocycles. The largest absolute Gasteiger partial charge is 0.465 e. The van der Waals surface area contributed by atoms with Crippen LogP contribution in [0.25, 0.3) is 0 Å². The Kier molecular flexibility index (Phi) is 1.71. The molecule has 0 spiro atoms. The molecule has 0 saturated carbocycles. The minimum absolute atomic E-state index is 0.222. The Morgan fingerprint density at radius 2 is 2.57 bits per heavy atom. The maximum absolute atomic E-state index is 11.9. The average Bonchev–Trinajstić information content (AvgIpc) is 2.52. The van der Waals surface area contributed by atoms with Crippen molar-refractivity contribution in [2.24, 2.45) is 5.92 Å². The van der Waals surface area contributed by atoms with Gasteiger partial charge in [0.05, 0.1) is 15.1 Å². The second-order valence-corrected chi connectivity index (χ2v) is 2.95. The van der Waals surface area contributed by atoms with Gasteiger partial charge in [-0.05, 0) is 12.1 Å². The molecule has 2 heterocycles. The summed E-state index contributed by atoms with van der Waals surface area (Å²) in [5.41, 5.74) is 0.287. The van der Waals surface area contributed by atoms with Gasteiger partial charge in [-0.2, -0.15) is 0 Å². The van der Waals surface area contributed by atoms with Gasteiger partial charge in [-0.25, -0.2) is 0 Å². The molecule has 14 heavy (non-hydrogen) atoms. The minimum atomic E-state index is -2.22. The van der Waals surface area contributed by atoms with Crippen LogP contribution in [0.3, 0.4) is 0 Å². The molecule has 0 N–H and O–H groups in total. The van der Waals surface area contributed by atoms with Crippen LogP contribution in [0.1, 0.15) is 19.5 Å². The molecule has 1 unspecified atom stereocenters. The molecular formula is C10H9NO3. The fraction of sp³-hybridized carbons (Fsp3) is 0.300. The lowest BCUT2D eigenvalue weighted by molar-refractivity contribution is -0.137. The van der Waals surface area contributed by atoms with E-state index in [0.29, 0.717) is 0 Å². The lowest BCUT2D eigenvalue weighted by Gasteiger charge is -2.03. The number of ketones is 1. The quantitative estimate of drug-likeness (QED) is 0.515. The summed E-state index contributed by atoms with van der Waals surface area (Å²) in [4.78, 5) is 26.6. The first-order chi connectivity index (χ1) is 7.50. The molecule has 4 nitrogen and oxygen atoms in total. The molecule has 2 rings (SSSR count). The molecule has 0 amide bonds. The maximum atomic E-state index is 11.9. The zero-order chi connectivity index (χ0) is 11.8. The fourth-order valence-corrected chi connectivity index (χ4v) is 1.24. The minimum Gasteiger partial charge on any atom is -0.465 e. The van der Waals surface area contributed by atoms with Gasteiger partial charge in [-0.3, -0.25) is 14.6 Å². The summed E-state index contributed by atoms with van der Waals surface area (Å²) in [6.07, 6.45) is 2.64. The summed E-state index contributed by atoms with van der Waals surface area (Å²) < 4.78 is 19.3. The fourth-order valence-electron chi connectivity index (χ4n) is 1.24. The van der Waals surface area contributed by atoms with E-state index in [2.05, 4.69) is 9.72 Å². The van der Waals surface area contributed by atoms with Crippen LogP contribution in [-0.4, -0.2) is 23.3 Å². The number of rotatable bonds is 2. The van der Waals surface area contributed by atoms with Crippen molar-refractivity contribution in [3.8, 4) is 0 Å². The molecule has 1 fully saturated rings. The monoisotopic (exact) mass is 193 g/mol. The van der Waals surface area contributed by atoms with Crippen LogP contribution in [0.2, 0.25) is 0 Å². The van der Waals surface area contributed by atoms with Gasteiger partial charge in [0, 0.05) is 18.0 Å². The number of nitrogens with zero attached hydrogens (tertiary/aromatic N) is 1. The van der Waals surface area contributed by atoms with Gasteiger partial charge in [0.15, 0.2) is 5.78 Å². The normalized spacial score (nSPS) is 26.3. The van der Waals surface area contributed by atoms with Crippen LogP contribution < -0.4 is 0 Å². The SMILES string of the molecule is [2H]C1([2H])OC(=O)CC1C(=O)c1cccnc1. The van der Waals surface area contributed by atoms with Crippen LogP contribution in [0.15, 0.2) is 24.5 Å². The number of pyridine rings is 1. The molecule has 1 atom stereocenters. The molecule has 1 aliphatic heterocycles. The number of esters is 1. The van der Waals surface area contributed by atoms with E-state index in [1.165, 1.54) is 18.5 Å². The number of carbonyl (C=O) groups is 2. The predicted octanol–water partition coefficient (Wildman–Crippen LogP) is 0.827. The lowest BCUT2D eigenvalue weighted by Crippen LogP contribution is -2.14. The Bertz CT molecular complexity index is 433. The first-order valence-corrected chi connectivity index (χ1v) is 4.17. The van der Waals surface area contributed by atoms with Crippen molar-refractivity contribution < 1.29 is 17.1 Å². The van der Waals surface area contributed by atoms with Crippen molar-refractivity contribution in [3.05, 3.63) is 30.1 Å². The zero-order valence-electron chi connectivity index (χ0n) is 9.27. The number of hydrogen-bond acceptors (Lipinski definition) is 4. The van der Waals surface area contributed by atoms with E-state index in [1.54, 1.807) is 6.07 Å². The van der Waals surface area contributed by atoms with Gasteiger partial charge >= 0.3 is 5.97 Å². The number of aromatic nitrogens is 1. The summed E-state index contributed by atoms with van der Waals surface area (Å²) in [5.74, 6) is -2.22. The van der Waals surface area contributed by atoms with E-state index in [0.717, 1.165) is 0 Å². The third kappa shape index (κ3) is 1.64. The second kappa shape index (κ2) is 3.57. The number of ether oxygens (including phenoxy) is 1. The Hall–Kier alpha value is -1.71. The highest BCUT2D eigenvalue weighted by molar-refractivity contribution is 6.00. The van der Waals surface area contributed by atoms with Crippen LogP contribution in [0.5, 0.6) is 0 Å².